The lowest BCUT2D eigenvalue weighted by atomic mass is 9.77. The number of rotatable bonds is 5. The van der Waals surface area contributed by atoms with Crippen LogP contribution in [0.3, 0.4) is 0 Å². The molecule has 2 aromatic carbocycles. The van der Waals surface area contributed by atoms with Crippen LogP contribution in [-0.2, 0) is 0 Å². The molecule has 0 N–H and O–H groups in total. The lowest BCUT2D eigenvalue weighted by molar-refractivity contribution is -0.0696. The molecule has 0 heterocycles. The van der Waals surface area contributed by atoms with Crippen molar-refractivity contribution in [1.29, 1.82) is 0 Å². The van der Waals surface area contributed by atoms with E-state index in [4.69, 9.17) is 0 Å². The zero-order chi connectivity index (χ0) is 23.3. The van der Waals surface area contributed by atoms with Crippen LogP contribution in [0.2, 0.25) is 0 Å². The van der Waals surface area contributed by atoms with Crippen molar-refractivity contribution >= 4 is 12.2 Å². The highest BCUT2D eigenvalue weighted by Gasteiger charge is 2.24. The Morgan fingerprint density at radius 1 is 0.906 bits per heavy atom. The summed E-state index contributed by atoms with van der Waals surface area (Å²) in [5.74, 6) is 0.561. The van der Waals surface area contributed by atoms with Crippen molar-refractivity contribution in [2.24, 2.45) is 5.92 Å². The van der Waals surface area contributed by atoms with Crippen molar-refractivity contribution in [2.75, 3.05) is 0 Å². The summed E-state index contributed by atoms with van der Waals surface area (Å²) in [6.45, 7) is 2.19. The average molecular weight is 450 g/mol. The second-order valence-electron chi connectivity index (χ2n) is 8.23. The summed E-state index contributed by atoms with van der Waals surface area (Å²) in [7, 11) is 0. The summed E-state index contributed by atoms with van der Waals surface area (Å²) in [5, 5.41) is 0. The van der Waals surface area contributed by atoms with Gasteiger partial charge in [-0.1, -0.05) is 50.0 Å². The molecule has 1 fully saturated rings. The normalized spacial score (nSPS) is 19.1. The van der Waals surface area contributed by atoms with E-state index in [-0.39, 0.29) is 11.1 Å². The van der Waals surface area contributed by atoms with Crippen molar-refractivity contribution in [2.45, 2.75) is 57.5 Å². The Balaban J connectivity index is 1.72. The van der Waals surface area contributed by atoms with Gasteiger partial charge in [0.25, 0.3) is 0 Å². The molecule has 6 heteroatoms. The topological polar surface area (TPSA) is 0 Å². The van der Waals surface area contributed by atoms with Gasteiger partial charge in [-0.2, -0.15) is 13.2 Å². The molecule has 0 amide bonds. The predicted octanol–water partition coefficient (Wildman–Crippen LogP) is 8.26. The van der Waals surface area contributed by atoms with Crippen LogP contribution in [0.4, 0.5) is 26.3 Å². The Labute approximate surface area is 184 Å². The van der Waals surface area contributed by atoms with Crippen LogP contribution in [0.5, 0.6) is 0 Å². The highest BCUT2D eigenvalue weighted by molar-refractivity contribution is 5.70. The summed E-state index contributed by atoms with van der Waals surface area (Å²) >= 11 is 0. The number of hydrogen-bond acceptors (Lipinski definition) is 0. The highest BCUT2D eigenvalue weighted by atomic mass is 19.4. The maximum absolute atomic E-state index is 14.6. The fraction of sp³-hybridized carbons (Fsp3) is 0.385. The molecule has 1 saturated carbocycles. The Morgan fingerprint density at radius 2 is 1.56 bits per heavy atom. The third kappa shape index (κ3) is 6.41. The van der Waals surface area contributed by atoms with Gasteiger partial charge in [0, 0.05) is 11.5 Å². The maximum atomic E-state index is 14.6. The fourth-order valence-corrected chi connectivity index (χ4v) is 4.25. The zero-order valence-corrected chi connectivity index (χ0v) is 17.7. The Hall–Kier alpha value is -2.68. The van der Waals surface area contributed by atoms with Crippen molar-refractivity contribution in [3.63, 3.8) is 0 Å². The number of halogens is 6. The molecule has 0 unspecified atom stereocenters. The van der Waals surface area contributed by atoms with Gasteiger partial charge in [-0.05, 0) is 66.8 Å². The van der Waals surface area contributed by atoms with Gasteiger partial charge in [-0.15, -0.1) is 0 Å². The number of hydrogen-bond donors (Lipinski definition) is 0. The molecule has 0 radical (unpaired) electrons. The van der Waals surface area contributed by atoms with Crippen LogP contribution in [0.25, 0.3) is 12.2 Å². The predicted molar refractivity (Wildman–Crippen MR) is 114 cm³/mol. The van der Waals surface area contributed by atoms with Gasteiger partial charge in [0.1, 0.15) is 17.5 Å². The minimum absolute atomic E-state index is 0.0512. The van der Waals surface area contributed by atoms with Crippen LogP contribution in [0.15, 0.2) is 30.3 Å². The zero-order valence-electron chi connectivity index (χ0n) is 17.7. The van der Waals surface area contributed by atoms with E-state index in [9.17, 15) is 26.3 Å². The van der Waals surface area contributed by atoms with E-state index in [1.807, 2.05) is 6.07 Å². The largest absolute Gasteiger partial charge is 0.458 e. The molecule has 32 heavy (non-hydrogen) atoms. The molecule has 0 atom stereocenters. The Morgan fingerprint density at radius 3 is 2.12 bits per heavy atom. The summed E-state index contributed by atoms with van der Waals surface area (Å²) in [4.78, 5) is 0. The highest BCUT2D eigenvalue weighted by Crippen LogP contribution is 2.38. The second-order valence-corrected chi connectivity index (χ2v) is 8.23. The van der Waals surface area contributed by atoms with E-state index in [2.05, 4.69) is 6.92 Å². The summed E-state index contributed by atoms with van der Waals surface area (Å²) in [6, 6.07) is 6.75. The molecule has 170 valence electrons. The van der Waals surface area contributed by atoms with Crippen molar-refractivity contribution in [3.05, 3.63) is 70.0 Å². The number of benzene rings is 2. The van der Waals surface area contributed by atoms with Crippen LogP contribution in [-0.4, -0.2) is 6.18 Å². The third-order valence-corrected chi connectivity index (χ3v) is 5.89. The first-order chi connectivity index (χ1) is 15.2. The maximum Gasteiger partial charge on any atom is 0.458 e. The first-order valence-corrected chi connectivity index (χ1v) is 10.7. The first-order valence-electron chi connectivity index (χ1n) is 10.7. The smallest absolute Gasteiger partial charge is 0.206 e. The van der Waals surface area contributed by atoms with E-state index < -0.39 is 29.2 Å². The molecular weight excluding hydrogens is 426 g/mol. The van der Waals surface area contributed by atoms with Gasteiger partial charge >= 0.3 is 6.18 Å². The molecule has 2 aromatic rings. The minimum atomic E-state index is -4.85. The van der Waals surface area contributed by atoms with E-state index >= 15 is 0 Å². The molecule has 1 aliphatic carbocycles. The lowest BCUT2D eigenvalue weighted by Gasteiger charge is -2.28. The van der Waals surface area contributed by atoms with E-state index in [1.54, 1.807) is 6.07 Å². The molecule has 1 aliphatic rings. The first kappa shape index (κ1) is 24.0. The van der Waals surface area contributed by atoms with Gasteiger partial charge in [0.15, 0.2) is 0 Å². The minimum Gasteiger partial charge on any atom is -0.206 e. The van der Waals surface area contributed by atoms with Gasteiger partial charge in [0.05, 0.1) is 5.56 Å². The molecule has 0 saturated heterocycles. The average Bonchev–Trinajstić information content (AvgIpc) is 2.72. The monoisotopic (exact) mass is 450 g/mol. The van der Waals surface area contributed by atoms with E-state index in [1.165, 1.54) is 37.0 Å². The number of alkyl halides is 3. The van der Waals surface area contributed by atoms with Gasteiger partial charge < -0.3 is 0 Å². The van der Waals surface area contributed by atoms with Crippen LogP contribution >= 0.6 is 0 Å². The Bertz CT molecular complexity index is 1010. The molecule has 0 nitrogen and oxygen atoms in total. The molecule has 0 aliphatic heterocycles. The van der Waals surface area contributed by atoms with Gasteiger partial charge in [-0.25, -0.2) is 13.2 Å². The van der Waals surface area contributed by atoms with Crippen LogP contribution in [0, 0.1) is 35.2 Å². The van der Waals surface area contributed by atoms with Crippen molar-refractivity contribution < 1.29 is 26.3 Å². The molecular formula is C26H24F6. The van der Waals surface area contributed by atoms with Gasteiger partial charge in [0.2, 0.25) is 0 Å². The van der Waals surface area contributed by atoms with Crippen LogP contribution < -0.4 is 0 Å². The summed E-state index contributed by atoms with van der Waals surface area (Å²) < 4.78 is 79.1. The molecule has 0 spiro atoms. The van der Waals surface area contributed by atoms with E-state index in [0.717, 1.165) is 55.2 Å². The Kier molecular flexibility index (Phi) is 7.71. The van der Waals surface area contributed by atoms with Crippen molar-refractivity contribution in [1.82, 2.24) is 0 Å². The third-order valence-electron chi connectivity index (χ3n) is 5.89. The fourth-order valence-electron chi connectivity index (χ4n) is 4.25. The lowest BCUT2D eigenvalue weighted by Crippen LogP contribution is -2.13. The molecule has 3 rings (SSSR count). The van der Waals surface area contributed by atoms with Crippen LogP contribution in [0.1, 0.15) is 73.6 Å². The van der Waals surface area contributed by atoms with E-state index in [0.29, 0.717) is 5.92 Å². The standard InChI is InChI=1S/C26H24F6/c1-2-3-17-4-7-19(8-5-17)21-11-10-20(23(27)16-21)9-6-18-14-24(28)22(25(29)15-18)12-13-26(30,31)32/h6,9-11,14-17,19H,2-5,7-8H2,1H3/b9-6+. The summed E-state index contributed by atoms with van der Waals surface area (Å²) in [5.41, 5.74) is 0.313. The quantitative estimate of drug-likeness (QED) is 0.244. The SMILES string of the molecule is CCCC1CCC(c2ccc(/C=C/c3cc(F)c(C#CC(F)(F)F)c(F)c3)c(F)c2)CC1. The second kappa shape index (κ2) is 10.3. The molecule has 0 aromatic heterocycles. The van der Waals surface area contributed by atoms with Gasteiger partial charge in [-0.3, -0.25) is 0 Å². The molecule has 0 bridgehead atoms. The van der Waals surface area contributed by atoms with Crippen molar-refractivity contribution in [3.8, 4) is 11.8 Å². The summed E-state index contributed by atoms with van der Waals surface area (Å²) in [6.07, 6.45) is 4.65.